The maximum absolute atomic E-state index is 11.2. The van der Waals surface area contributed by atoms with E-state index in [-0.39, 0.29) is 6.10 Å². The standard InChI is InChI=1S/C9H16NO/c11-8-4-5-10-9(6-8)7-2-1-3-7/h7-10H,1-6H2. The van der Waals surface area contributed by atoms with Crippen molar-refractivity contribution in [2.45, 2.75) is 44.2 Å². The number of rotatable bonds is 1. The normalized spacial score (nSPS) is 40.1. The van der Waals surface area contributed by atoms with Gasteiger partial charge in [-0.05, 0) is 38.1 Å². The third kappa shape index (κ3) is 1.57. The van der Waals surface area contributed by atoms with Crippen LogP contribution in [0.15, 0.2) is 0 Å². The van der Waals surface area contributed by atoms with E-state index in [4.69, 9.17) is 0 Å². The van der Waals surface area contributed by atoms with Crippen LogP contribution in [-0.4, -0.2) is 18.7 Å². The summed E-state index contributed by atoms with van der Waals surface area (Å²) in [4.78, 5) is 0. The van der Waals surface area contributed by atoms with E-state index in [9.17, 15) is 5.11 Å². The zero-order chi connectivity index (χ0) is 7.68. The Labute approximate surface area is 68.0 Å². The summed E-state index contributed by atoms with van der Waals surface area (Å²) < 4.78 is 0. The lowest BCUT2D eigenvalue weighted by atomic mass is 9.76. The summed E-state index contributed by atoms with van der Waals surface area (Å²) in [5, 5.41) is 14.6. The van der Waals surface area contributed by atoms with Crippen LogP contribution >= 0.6 is 0 Å². The van der Waals surface area contributed by atoms with Gasteiger partial charge in [0.05, 0.1) is 6.10 Å². The molecule has 1 saturated heterocycles. The van der Waals surface area contributed by atoms with E-state index in [0.717, 1.165) is 25.3 Å². The van der Waals surface area contributed by atoms with Crippen LogP contribution in [-0.2, 0) is 5.11 Å². The van der Waals surface area contributed by atoms with Crippen LogP contribution in [0, 0.1) is 5.92 Å². The van der Waals surface area contributed by atoms with Crippen molar-refractivity contribution in [3.05, 3.63) is 0 Å². The van der Waals surface area contributed by atoms with Crippen molar-refractivity contribution in [2.75, 3.05) is 6.54 Å². The van der Waals surface area contributed by atoms with Crippen molar-refractivity contribution >= 4 is 0 Å². The quantitative estimate of drug-likeness (QED) is 0.607. The van der Waals surface area contributed by atoms with Gasteiger partial charge >= 0.3 is 0 Å². The van der Waals surface area contributed by atoms with Gasteiger partial charge in [0.25, 0.3) is 0 Å². The molecule has 1 aliphatic carbocycles. The Kier molecular flexibility index (Phi) is 2.14. The van der Waals surface area contributed by atoms with Gasteiger partial charge < -0.3 is 5.32 Å². The molecule has 0 aromatic heterocycles. The van der Waals surface area contributed by atoms with E-state index in [1.54, 1.807) is 0 Å². The predicted molar refractivity (Wildman–Crippen MR) is 42.8 cm³/mol. The van der Waals surface area contributed by atoms with Gasteiger partial charge in [0, 0.05) is 6.04 Å². The van der Waals surface area contributed by atoms with E-state index < -0.39 is 0 Å². The summed E-state index contributed by atoms with van der Waals surface area (Å²) in [5.41, 5.74) is 0. The summed E-state index contributed by atoms with van der Waals surface area (Å²) in [6.07, 6.45) is 5.52. The Hall–Kier alpha value is -0.0800. The van der Waals surface area contributed by atoms with E-state index in [0.29, 0.717) is 6.04 Å². The minimum atomic E-state index is -0.276. The highest BCUT2D eigenvalue weighted by molar-refractivity contribution is 4.87. The molecule has 0 aromatic rings. The highest BCUT2D eigenvalue weighted by Crippen LogP contribution is 2.32. The average Bonchev–Trinajstić information content (AvgIpc) is 1.83. The molecule has 1 saturated carbocycles. The second-order valence-corrected chi connectivity index (χ2v) is 3.90. The molecule has 1 heterocycles. The molecule has 2 atom stereocenters. The summed E-state index contributed by atoms with van der Waals surface area (Å²) in [7, 11) is 0. The number of piperidine rings is 1. The van der Waals surface area contributed by atoms with Gasteiger partial charge in [-0.2, -0.15) is 0 Å². The fourth-order valence-corrected chi connectivity index (χ4v) is 2.12. The SMILES string of the molecule is [O]C1CCNC(C2CCC2)C1. The molecule has 0 aromatic carbocycles. The molecule has 0 amide bonds. The van der Waals surface area contributed by atoms with Crippen LogP contribution in [0.2, 0.25) is 0 Å². The average molecular weight is 154 g/mol. The van der Waals surface area contributed by atoms with Gasteiger partial charge in [0.15, 0.2) is 0 Å². The fraction of sp³-hybridized carbons (Fsp3) is 1.00. The van der Waals surface area contributed by atoms with Crippen molar-refractivity contribution in [2.24, 2.45) is 5.92 Å². The van der Waals surface area contributed by atoms with Gasteiger partial charge in [0.1, 0.15) is 0 Å². The van der Waals surface area contributed by atoms with Crippen molar-refractivity contribution in [1.29, 1.82) is 0 Å². The van der Waals surface area contributed by atoms with Crippen LogP contribution in [0.1, 0.15) is 32.1 Å². The maximum atomic E-state index is 11.2. The predicted octanol–water partition coefficient (Wildman–Crippen LogP) is 1.34. The molecule has 2 fully saturated rings. The Morgan fingerprint density at radius 2 is 2.00 bits per heavy atom. The fourth-order valence-electron chi connectivity index (χ4n) is 2.12. The topological polar surface area (TPSA) is 31.9 Å². The summed E-state index contributed by atoms with van der Waals surface area (Å²) in [5.74, 6) is 0.840. The Balaban J connectivity index is 1.82. The molecule has 11 heavy (non-hydrogen) atoms. The maximum Gasteiger partial charge on any atom is 0.0957 e. The molecule has 2 heteroatoms. The molecule has 2 unspecified atom stereocenters. The van der Waals surface area contributed by atoms with Crippen molar-refractivity contribution in [3.63, 3.8) is 0 Å². The lowest BCUT2D eigenvalue weighted by molar-refractivity contribution is 0.0290. The Bertz CT molecular complexity index is 134. The Morgan fingerprint density at radius 3 is 2.55 bits per heavy atom. The minimum absolute atomic E-state index is 0.276. The molecule has 0 spiro atoms. The first-order chi connectivity index (χ1) is 5.36. The summed E-state index contributed by atoms with van der Waals surface area (Å²) >= 11 is 0. The molecule has 0 bridgehead atoms. The van der Waals surface area contributed by atoms with E-state index in [1.807, 2.05) is 0 Å². The van der Waals surface area contributed by atoms with Crippen LogP contribution in [0.3, 0.4) is 0 Å². The molecule has 2 rings (SSSR count). The molecule has 1 N–H and O–H groups in total. The Morgan fingerprint density at radius 1 is 1.18 bits per heavy atom. The molecule has 2 aliphatic rings. The number of hydrogen-bond acceptors (Lipinski definition) is 1. The third-order valence-electron chi connectivity index (χ3n) is 3.11. The first kappa shape index (κ1) is 7.56. The second-order valence-electron chi connectivity index (χ2n) is 3.90. The smallest absolute Gasteiger partial charge is 0.0957 e. The number of hydrogen-bond donors (Lipinski definition) is 1. The minimum Gasteiger partial charge on any atom is -0.314 e. The second kappa shape index (κ2) is 3.11. The third-order valence-corrected chi connectivity index (χ3v) is 3.11. The van der Waals surface area contributed by atoms with E-state index >= 15 is 0 Å². The van der Waals surface area contributed by atoms with Gasteiger partial charge in [-0.3, -0.25) is 0 Å². The molecule has 1 aliphatic heterocycles. The molecule has 1 radical (unpaired) electrons. The largest absolute Gasteiger partial charge is 0.314 e. The first-order valence-corrected chi connectivity index (χ1v) is 4.75. The summed E-state index contributed by atoms with van der Waals surface area (Å²) in [6.45, 7) is 0.954. The molecule has 2 nitrogen and oxygen atoms in total. The van der Waals surface area contributed by atoms with Gasteiger partial charge in [-0.1, -0.05) is 6.42 Å². The first-order valence-electron chi connectivity index (χ1n) is 4.75. The van der Waals surface area contributed by atoms with Crippen LogP contribution in [0.5, 0.6) is 0 Å². The number of nitrogens with one attached hydrogen (secondary N) is 1. The highest BCUT2D eigenvalue weighted by atomic mass is 16.3. The monoisotopic (exact) mass is 154 g/mol. The van der Waals surface area contributed by atoms with Crippen LogP contribution in [0.4, 0.5) is 0 Å². The van der Waals surface area contributed by atoms with Crippen molar-refractivity contribution in [1.82, 2.24) is 5.32 Å². The van der Waals surface area contributed by atoms with Gasteiger partial charge in [-0.15, -0.1) is 0 Å². The zero-order valence-corrected chi connectivity index (χ0v) is 6.88. The van der Waals surface area contributed by atoms with Gasteiger partial charge in [-0.25, -0.2) is 5.11 Å². The lowest BCUT2D eigenvalue weighted by Crippen LogP contribution is -2.46. The van der Waals surface area contributed by atoms with Crippen molar-refractivity contribution < 1.29 is 5.11 Å². The van der Waals surface area contributed by atoms with Crippen LogP contribution in [0.25, 0.3) is 0 Å². The highest BCUT2D eigenvalue weighted by Gasteiger charge is 2.31. The van der Waals surface area contributed by atoms with E-state index in [2.05, 4.69) is 5.32 Å². The van der Waals surface area contributed by atoms with Gasteiger partial charge in [0.2, 0.25) is 0 Å². The molecular weight excluding hydrogens is 138 g/mol. The summed E-state index contributed by atoms with van der Waals surface area (Å²) in [6, 6.07) is 0.569. The van der Waals surface area contributed by atoms with Crippen molar-refractivity contribution in [3.8, 4) is 0 Å². The molecular formula is C9H16NO. The molecule has 63 valence electrons. The lowest BCUT2D eigenvalue weighted by Gasteiger charge is -2.37. The van der Waals surface area contributed by atoms with Crippen LogP contribution < -0.4 is 5.32 Å². The van der Waals surface area contributed by atoms with E-state index in [1.165, 1.54) is 19.3 Å². The zero-order valence-electron chi connectivity index (χ0n) is 6.88.